The second-order valence-corrected chi connectivity index (χ2v) is 1.95. The van der Waals surface area contributed by atoms with Crippen molar-refractivity contribution in [2.24, 2.45) is 0 Å². The van der Waals surface area contributed by atoms with Crippen LogP contribution >= 0.6 is 0 Å². The summed E-state index contributed by atoms with van der Waals surface area (Å²) < 4.78 is 78.0. The van der Waals surface area contributed by atoms with Gasteiger partial charge in [-0.3, -0.25) is 9.59 Å². The molecule has 106 valence electrons. The van der Waals surface area contributed by atoms with E-state index in [2.05, 4.69) is 0 Å². The third-order valence-electron chi connectivity index (χ3n) is 0.302. The molecule has 0 amide bonds. The number of rotatable bonds is 2. The first-order chi connectivity index (χ1) is 7.13. The van der Waals surface area contributed by atoms with Crippen LogP contribution in [0.15, 0.2) is 0 Å². The van der Waals surface area contributed by atoms with Crippen LogP contribution in [-0.2, 0) is 9.59 Å². The van der Waals surface area contributed by atoms with Crippen molar-refractivity contribution in [1.29, 1.82) is 0 Å². The van der Waals surface area contributed by atoms with Crippen molar-refractivity contribution in [3.63, 3.8) is 0 Å². The Morgan fingerprint density at radius 3 is 0.833 bits per heavy atom. The Hall–Kier alpha value is -0.893. The SMILES string of the molecule is F[B-](F)(F)F.F[B-](F)(F)F.O=C(O)CC(=O)O.[LiH]. The number of carbonyl (C=O) groups is 2. The van der Waals surface area contributed by atoms with Crippen molar-refractivity contribution in [3.8, 4) is 0 Å². The maximum absolute atomic E-state index is 9.75. The molecule has 0 aliphatic heterocycles. The number of aliphatic carboxylic acids is 2. The van der Waals surface area contributed by atoms with E-state index in [1.54, 1.807) is 0 Å². The fourth-order valence-corrected chi connectivity index (χ4v) is 0.129. The van der Waals surface area contributed by atoms with E-state index in [1.165, 1.54) is 0 Å². The molecule has 2 N–H and O–H groups in total. The maximum atomic E-state index is 9.75. The Bertz CT molecular complexity index is 205. The van der Waals surface area contributed by atoms with Gasteiger partial charge in [0.25, 0.3) is 0 Å². The van der Waals surface area contributed by atoms with Crippen molar-refractivity contribution < 1.29 is 54.3 Å². The van der Waals surface area contributed by atoms with E-state index < -0.39 is 32.9 Å². The molecular formula is C3H5B2F8LiO4-2. The van der Waals surface area contributed by atoms with Crippen molar-refractivity contribution in [1.82, 2.24) is 0 Å². The second-order valence-electron chi connectivity index (χ2n) is 1.95. The van der Waals surface area contributed by atoms with Gasteiger partial charge in [-0.15, -0.1) is 0 Å². The van der Waals surface area contributed by atoms with E-state index in [0.717, 1.165) is 0 Å². The fourth-order valence-electron chi connectivity index (χ4n) is 0.129. The number of hydrogen-bond acceptors (Lipinski definition) is 2. The summed E-state index contributed by atoms with van der Waals surface area (Å²) in [5, 5.41) is 15.4. The Kier molecular flexibility index (Phi) is 16.1. The zero-order chi connectivity index (χ0) is 14.9. The zero-order valence-corrected chi connectivity index (χ0v) is 7.60. The van der Waals surface area contributed by atoms with E-state index in [1.807, 2.05) is 0 Å². The molecule has 0 rings (SSSR count). The van der Waals surface area contributed by atoms with Crippen LogP contribution in [0.5, 0.6) is 0 Å². The van der Waals surface area contributed by atoms with Crippen molar-refractivity contribution in [2.75, 3.05) is 0 Å². The molecule has 15 heteroatoms. The minimum absolute atomic E-state index is 0. The first kappa shape index (κ1) is 25.8. The van der Waals surface area contributed by atoms with Crippen LogP contribution in [-0.4, -0.2) is 55.5 Å². The van der Waals surface area contributed by atoms with Crippen molar-refractivity contribution in [2.45, 2.75) is 6.42 Å². The number of carboxylic acid groups (broad SMARTS) is 2. The Balaban J connectivity index is -0.0000000813. The molecule has 4 nitrogen and oxygen atoms in total. The normalized spacial score (nSPS) is 9.78. The first-order valence-corrected chi connectivity index (χ1v) is 3.31. The number of hydrogen-bond donors (Lipinski definition) is 2. The average Bonchev–Trinajstić information content (AvgIpc) is 1.71. The van der Waals surface area contributed by atoms with E-state index >= 15 is 0 Å². The van der Waals surface area contributed by atoms with Crippen LogP contribution in [0.3, 0.4) is 0 Å². The van der Waals surface area contributed by atoms with E-state index in [9.17, 15) is 44.1 Å². The topological polar surface area (TPSA) is 74.6 Å². The first-order valence-electron chi connectivity index (χ1n) is 3.31. The molecule has 18 heavy (non-hydrogen) atoms. The van der Waals surface area contributed by atoms with Gasteiger partial charge in [0.15, 0.2) is 0 Å². The molecule has 0 aromatic heterocycles. The van der Waals surface area contributed by atoms with Crippen LogP contribution < -0.4 is 0 Å². The van der Waals surface area contributed by atoms with Gasteiger partial charge in [0.05, 0.1) is 0 Å². The van der Waals surface area contributed by atoms with Gasteiger partial charge in [-0.05, 0) is 0 Å². The summed E-state index contributed by atoms with van der Waals surface area (Å²) in [6.07, 6.45) is -0.806. The monoisotopic (exact) mass is 286 g/mol. The zero-order valence-electron chi connectivity index (χ0n) is 7.60. The van der Waals surface area contributed by atoms with Crippen molar-refractivity contribution in [3.05, 3.63) is 0 Å². The quantitative estimate of drug-likeness (QED) is 0.458. The predicted molar refractivity (Wildman–Crippen MR) is 47.4 cm³/mol. The van der Waals surface area contributed by atoms with E-state index in [-0.39, 0.29) is 18.9 Å². The molecule has 0 atom stereocenters. The molecule has 0 bridgehead atoms. The molecule has 0 fully saturated rings. The van der Waals surface area contributed by atoms with Crippen LogP contribution in [0.1, 0.15) is 6.42 Å². The van der Waals surface area contributed by atoms with Crippen LogP contribution in [0.2, 0.25) is 0 Å². The third-order valence-corrected chi connectivity index (χ3v) is 0.302. The van der Waals surface area contributed by atoms with Crippen LogP contribution in [0.25, 0.3) is 0 Å². The van der Waals surface area contributed by atoms with Gasteiger partial charge in [-0.2, -0.15) is 0 Å². The molecule has 0 aliphatic carbocycles. The molecule has 0 aromatic rings. The van der Waals surface area contributed by atoms with Gasteiger partial charge in [-0.25, -0.2) is 0 Å². The Morgan fingerprint density at radius 2 is 0.833 bits per heavy atom. The molecule has 0 aliphatic rings. The summed E-state index contributed by atoms with van der Waals surface area (Å²) in [6, 6.07) is 0. The standard InChI is InChI=1S/C3H4O4.2BF4.Li.H/c4-2(5)1-3(6)7;2*2-1(3,4)5;;/h1H2,(H,4,5)(H,6,7);;;;/q;2*-1;;. The summed E-state index contributed by atoms with van der Waals surface area (Å²) in [5.41, 5.74) is 0. The van der Waals surface area contributed by atoms with Gasteiger partial charge in [0.1, 0.15) is 6.42 Å². The van der Waals surface area contributed by atoms with Crippen LogP contribution in [0, 0.1) is 0 Å². The molecule has 0 saturated carbocycles. The van der Waals surface area contributed by atoms with Crippen LogP contribution in [0.4, 0.5) is 34.5 Å². The Morgan fingerprint density at radius 1 is 0.722 bits per heavy atom. The molecule has 0 heterocycles. The molecular weight excluding hydrogens is 281 g/mol. The van der Waals surface area contributed by atoms with Gasteiger partial charge >= 0.3 is 45.3 Å². The molecule has 0 unspecified atom stereocenters. The minimum atomic E-state index is -6.00. The average molecular weight is 286 g/mol. The Labute approximate surface area is 107 Å². The van der Waals surface area contributed by atoms with Gasteiger partial charge < -0.3 is 44.7 Å². The van der Waals surface area contributed by atoms with E-state index in [4.69, 9.17) is 10.2 Å². The third kappa shape index (κ3) is 311. The summed E-state index contributed by atoms with van der Waals surface area (Å²) in [7, 11) is -12.0. The second kappa shape index (κ2) is 11.2. The van der Waals surface area contributed by atoms with E-state index in [0.29, 0.717) is 0 Å². The summed E-state index contributed by atoms with van der Waals surface area (Å²) >= 11 is 0. The summed E-state index contributed by atoms with van der Waals surface area (Å²) in [6.45, 7) is 0. The summed E-state index contributed by atoms with van der Waals surface area (Å²) in [4.78, 5) is 18.9. The van der Waals surface area contributed by atoms with Gasteiger partial charge in [0, 0.05) is 0 Å². The molecule has 0 saturated heterocycles. The summed E-state index contributed by atoms with van der Waals surface area (Å²) in [5.74, 6) is -2.62. The molecule has 0 radical (unpaired) electrons. The molecule has 0 aromatic carbocycles. The van der Waals surface area contributed by atoms with Crippen molar-refractivity contribution >= 4 is 45.3 Å². The molecule has 0 spiro atoms. The predicted octanol–water partition coefficient (Wildman–Crippen LogP) is 1.50. The van der Waals surface area contributed by atoms with Gasteiger partial charge in [0.2, 0.25) is 0 Å². The number of carboxylic acids is 2. The fraction of sp³-hybridized carbons (Fsp3) is 0.333. The van der Waals surface area contributed by atoms with Gasteiger partial charge in [-0.1, -0.05) is 0 Å². The number of halogens is 8.